The van der Waals surface area contributed by atoms with Crippen molar-refractivity contribution in [3.63, 3.8) is 0 Å². The van der Waals surface area contributed by atoms with E-state index in [1.807, 2.05) is 40.2 Å². The minimum absolute atomic E-state index is 0.320. The van der Waals surface area contributed by atoms with Crippen molar-refractivity contribution >= 4 is 5.82 Å². The van der Waals surface area contributed by atoms with Crippen LogP contribution in [0.4, 0.5) is 5.82 Å². The van der Waals surface area contributed by atoms with Crippen LogP contribution in [-0.2, 0) is 6.54 Å². The second-order valence-electron chi connectivity index (χ2n) is 5.61. The first-order valence-corrected chi connectivity index (χ1v) is 7.33. The molecule has 2 rings (SSSR count). The van der Waals surface area contributed by atoms with Gasteiger partial charge in [0.2, 0.25) is 0 Å². The summed E-state index contributed by atoms with van der Waals surface area (Å²) in [7, 11) is 0. The summed E-state index contributed by atoms with van der Waals surface area (Å²) in [5.74, 6) is 0.636. The minimum atomic E-state index is 0.320. The van der Waals surface area contributed by atoms with Crippen molar-refractivity contribution < 1.29 is 0 Å². The molecule has 0 radical (unpaired) electrons. The van der Waals surface area contributed by atoms with Crippen LogP contribution in [-0.4, -0.2) is 26.9 Å². The summed E-state index contributed by atoms with van der Waals surface area (Å²) in [6, 6.07) is 12.8. The van der Waals surface area contributed by atoms with Gasteiger partial charge in [-0.1, -0.05) is 35.6 Å². The molecule has 1 aromatic heterocycles. The first-order chi connectivity index (χ1) is 10.1. The van der Waals surface area contributed by atoms with Gasteiger partial charge < -0.3 is 0 Å². The van der Waals surface area contributed by atoms with E-state index in [0.717, 1.165) is 6.54 Å². The Labute approximate surface area is 126 Å². The fourth-order valence-corrected chi connectivity index (χ4v) is 2.16. The first-order valence-electron chi connectivity index (χ1n) is 7.33. The molecule has 1 aromatic carbocycles. The van der Waals surface area contributed by atoms with Gasteiger partial charge in [-0.25, -0.2) is 0 Å². The Balaban J connectivity index is 2.03. The summed E-state index contributed by atoms with van der Waals surface area (Å²) in [5, 5.41) is 14.9. The standard InChI is InChI=1S/C16H23N5/c1-13(2)21(14(3)4)19-17-16-10-11-20(18-16)12-15-8-6-5-7-9-15/h5-11,13-14H,12H2,1-4H3. The van der Waals surface area contributed by atoms with Crippen LogP contribution < -0.4 is 0 Å². The molecule has 0 saturated carbocycles. The molecule has 0 unspecified atom stereocenters. The van der Waals surface area contributed by atoms with Gasteiger partial charge in [-0.2, -0.15) is 5.10 Å². The van der Waals surface area contributed by atoms with E-state index >= 15 is 0 Å². The third-order valence-corrected chi connectivity index (χ3v) is 3.12. The van der Waals surface area contributed by atoms with E-state index in [4.69, 9.17) is 0 Å². The Morgan fingerprint density at radius 1 is 1.05 bits per heavy atom. The largest absolute Gasteiger partial charge is 0.273 e. The highest BCUT2D eigenvalue weighted by molar-refractivity contribution is 5.23. The van der Waals surface area contributed by atoms with Crippen LogP contribution in [0.2, 0.25) is 0 Å². The Morgan fingerprint density at radius 2 is 1.71 bits per heavy atom. The van der Waals surface area contributed by atoms with E-state index in [2.05, 4.69) is 55.3 Å². The van der Waals surface area contributed by atoms with Crippen molar-refractivity contribution in [3.8, 4) is 0 Å². The molecule has 21 heavy (non-hydrogen) atoms. The van der Waals surface area contributed by atoms with Crippen LogP contribution in [0.25, 0.3) is 0 Å². The van der Waals surface area contributed by atoms with Gasteiger partial charge in [-0.3, -0.25) is 9.69 Å². The summed E-state index contributed by atoms with van der Waals surface area (Å²) in [6.45, 7) is 9.16. The molecule has 5 heteroatoms. The van der Waals surface area contributed by atoms with Gasteiger partial charge in [0, 0.05) is 24.3 Å². The highest BCUT2D eigenvalue weighted by Crippen LogP contribution is 2.13. The average Bonchev–Trinajstić information content (AvgIpc) is 2.87. The predicted octanol–water partition coefficient (Wildman–Crippen LogP) is 4.05. The molecule has 0 fully saturated rings. The normalized spacial score (nSPS) is 11.7. The van der Waals surface area contributed by atoms with Gasteiger partial charge in [0.05, 0.1) is 6.54 Å². The van der Waals surface area contributed by atoms with E-state index in [9.17, 15) is 0 Å². The second kappa shape index (κ2) is 7.02. The molecule has 0 saturated heterocycles. The molecular formula is C16H23N5. The molecule has 0 aliphatic heterocycles. The zero-order valence-corrected chi connectivity index (χ0v) is 13.1. The van der Waals surface area contributed by atoms with Crippen LogP contribution in [0.3, 0.4) is 0 Å². The number of nitrogens with zero attached hydrogens (tertiary/aromatic N) is 5. The quantitative estimate of drug-likeness (QED) is 0.593. The third-order valence-electron chi connectivity index (χ3n) is 3.12. The summed E-state index contributed by atoms with van der Waals surface area (Å²) in [6.07, 6.45) is 1.93. The molecule has 1 heterocycles. The zero-order chi connectivity index (χ0) is 15.2. The lowest BCUT2D eigenvalue weighted by Gasteiger charge is -2.25. The average molecular weight is 285 g/mol. The summed E-state index contributed by atoms with van der Waals surface area (Å²) < 4.78 is 1.87. The lowest BCUT2D eigenvalue weighted by atomic mass is 10.2. The summed E-state index contributed by atoms with van der Waals surface area (Å²) >= 11 is 0. The fourth-order valence-electron chi connectivity index (χ4n) is 2.16. The molecule has 5 nitrogen and oxygen atoms in total. The SMILES string of the molecule is CC(C)N(N=Nc1ccn(Cc2ccccc2)n1)C(C)C. The van der Waals surface area contributed by atoms with E-state index in [1.54, 1.807) is 0 Å². The highest BCUT2D eigenvalue weighted by atomic mass is 15.6. The molecule has 0 amide bonds. The highest BCUT2D eigenvalue weighted by Gasteiger charge is 2.10. The maximum Gasteiger partial charge on any atom is 0.197 e. The van der Waals surface area contributed by atoms with Crippen LogP contribution in [0.1, 0.15) is 33.3 Å². The van der Waals surface area contributed by atoms with E-state index < -0.39 is 0 Å². The predicted molar refractivity (Wildman–Crippen MR) is 84.4 cm³/mol. The van der Waals surface area contributed by atoms with Gasteiger partial charge in [0.25, 0.3) is 0 Å². The van der Waals surface area contributed by atoms with Gasteiger partial charge in [0.15, 0.2) is 5.82 Å². The number of hydrogen-bond donors (Lipinski definition) is 0. The molecule has 0 spiro atoms. The summed E-state index contributed by atoms with van der Waals surface area (Å²) in [5.41, 5.74) is 1.22. The lowest BCUT2D eigenvalue weighted by molar-refractivity contribution is 0.169. The van der Waals surface area contributed by atoms with Gasteiger partial charge in [-0.15, -0.1) is 5.11 Å². The van der Waals surface area contributed by atoms with Gasteiger partial charge in [-0.05, 0) is 33.3 Å². The summed E-state index contributed by atoms with van der Waals surface area (Å²) in [4.78, 5) is 0. The number of rotatable bonds is 6. The molecule has 112 valence electrons. The smallest absolute Gasteiger partial charge is 0.197 e. The monoisotopic (exact) mass is 285 g/mol. The second-order valence-corrected chi connectivity index (χ2v) is 5.61. The molecule has 0 aliphatic rings. The van der Waals surface area contributed by atoms with Crippen LogP contribution in [0.15, 0.2) is 52.9 Å². The zero-order valence-electron chi connectivity index (χ0n) is 13.1. The van der Waals surface area contributed by atoms with Crippen LogP contribution in [0.5, 0.6) is 0 Å². The molecular weight excluding hydrogens is 262 g/mol. The first kappa shape index (κ1) is 15.2. The molecule has 2 aromatic rings. The molecule has 0 aliphatic carbocycles. The van der Waals surface area contributed by atoms with Gasteiger partial charge >= 0.3 is 0 Å². The van der Waals surface area contributed by atoms with Crippen molar-refractivity contribution in [2.24, 2.45) is 10.3 Å². The van der Waals surface area contributed by atoms with Crippen LogP contribution in [0, 0.1) is 0 Å². The Kier molecular flexibility index (Phi) is 5.09. The number of aromatic nitrogens is 2. The van der Waals surface area contributed by atoms with Gasteiger partial charge in [0.1, 0.15) is 0 Å². The maximum absolute atomic E-state index is 4.43. The molecule has 0 N–H and O–H groups in total. The molecule has 0 atom stereocenters. The van der Waals surface area contributed by atoms with Crippen molar-refractivity contribution in [2.75, 3.05) is 0 Å². The maximum atomic E-state index is 4.43. The van der Waals surface area contributed by atoms with E-state index in [0.29, 0.717) is 17.9 Å². The number of benzene rings is 1. The number of hydrogen-bond acceptors (Lipinski definition) is 3. The van der Waals surface area contributed by atoms with E-state index in [1.165, 1.54) is 5.56 Å². The van der Waals surface area contributed by atoms with Crippen molar-refractivity contribution in [3.05, 3.63) is 48.2 Å². The van der Waals surface area contributed by atoms with Crippen LogP contribution >= 0.6 is 0 Å². The third kappa shape index (κ3) is 4.41. The Hall–Kier alpha value is -2.17. The minimum Gasteiger partial charge on any atom is -0.273 e. The Morgan fingerprint density at radius 3 is 2.33 bits per heavy atom. The van der Waals surface area contributed by atoms with Crippen molar-refractivity contribution in [1.82, 2.24) is 14.8 Å². The topological polar surface area (TPSA) is 45.8 Å². The lowest BCUT2D eigenvalue weighted by Crippen LogP contribution is -2.31. The van der Waals surface area contributed by atoms with Crippen molar-refractivity contribution in [1.29, 1.82) is 0 Å². The Bertz CT molecular complexity index is 563. The fraction of sp³-hybridized carbons (Fsp3) is 0.438. The van der Waals surface area contributed by atoms with Crippen molar-refractivity contribution in [2.45, 2.75) is 46.3 Å². The molecule has 0 bridgehead atoms. The van der Waals surface area contributed by atoms with E-state index in [-0.39, 0.29) is 0 Å².